The SMILES string of the molecule is CCCC[C@H](N)c1ccc(OCC)c(OC)c1. The first-order chi connectivity index (χ1) is 8.22. The Morgan fingerprint density at radius 3 is 2.59 bits per heavy atom. The molecule has 0 bridgehead atoms. The maximum absolute atomic E-state index is 6.13. The highest BCUT2D eigenvalue weighted by molar-refractivity contribution is 5.43. The van der Waals surface area contributed by atoms with Gasteiger partial charge in [-0.2, -0.15) is 0 Å². The number of benzene rings is 1. The maximum Gasteiger partial charge on any atom is 0.161 e. The molecule has 3 heteroatoms. The lowest BCUT2D eigenvalue weighted by atomic mass is 10.0. The number of nitrogens with two attached hydrogens (primary N) is 1. The molecule has 3 nitrogen and oxygen atoms in total. The summed E-state index contributed by atoms with van der Waals surface area (Å²) in [5.74, 6) is 1.54. The first kappa shape index (κ1) is 13.8. The molecular weight excluding hydrogens is 214 g/mol. The molecule has 0 aromatic heterocycles. The molecule has 1 atom stereocenters. The van der Waals surface area contributed by atoms with E-state index in [-0.39, 0.29) is 6.04 Å². The average molecular weight is 237 g/mol. The Hall–Kier alpha value is -1.22. The second kappa shape index (κ2) is 7.17. The van der Waals surface area contributed by atoms with Crippen molar-refractivity contribution in [3.63, 3.8) is 0 Å². The molecular formula is C14H23NO2. The van der Waals surface area contributed by atoms with Gasteiger partial charge < -0.3 is 15.2 Å². The standard InChI is InChI=1S/C14H23NO2/c1-4-6-7-12(15)11-8-9-13(17-5-2)14(10-11)16-3/h8-10,12H,4-7,15H2,1-3H3/t12-/m0/s1. The van der Waals surface area contributed by atoms with Crippen LogP contribution in [-0.2, 0) is 0 Å². The van der Waals surface area contributed by atoms with E-state index in [2.05, 4.69) is 6.92 Å². The predicted molar refractivity (Wildman–Crippen MR) is 70.6 cm³/mol. The van der Waals surface area contributed by atoms with Crippen LogP contribution in [0.1, 0.15) is 44.7 Å². The molecule has 0 saturated carbocycles. The first-order valence-electron chi connectivity index (χ1n) is 6.29. The summed E-state index contributed by atoms with van der Waals surface area (Å²) in [4.78, 5) is 0. The van der Waals surface area contributed by atoms with Gasteiger partial charge in [-0.3, -0.25) is 0 Å². The van der Waals surface area contributed by atoms with Gasteiger partial charge in [-0.05, 0) is 31.0 Å². The van der Waals surface area contributed by atoms with E-state index in [1.54, 1.807) is 7.11 Å². The lowest BCUT2D eigenvalue weighted by Gasteiger charge is -2.15. The molecule has 0 unspecified atom stereocenters. The van der Waals surface area contributed by atoms with Gasteiger partial charge in [0.1, 0.15) is 0 Å². The van der Waals surface area contributed by atoms with Gasteiger partial charge in [0, 0.05) is 6.04 Å². The maximum atomic E-state index is 6.13. The van der Waals surface area contributed by atoms with Crippen LogP contribution < -0.4 is 15.2 Å². The minimum atomic E-state index is 0.0829. The molecule has 1 aromatic carbocycles. The van der Waals surface area contributed by atoms with Crippen molar-refractivity contribution in [3.05, 3.63) is 23.8 Å². The Labute approximate surface area is 104 Å². The number of hydrogen-bond acceptors (Lipinski definition) is 3. The van der Waals surface area contributed by atoms with Crippen LogP contribution in [0, 0.1) is 0 Å². The fraction of sp³-hybridized carbons (Fsp3) is 0.571. The Kier molecular flexibility index (Phi) is 5.84. The zero-order valence-corrected chi connectivity index (χ0v) is 11.0. The van der Waals surface area contributed by atoms with Crippen molar-refractivity contribution in [3.8, 4) is 11.5 Å². The van der Waals surface area contributed by atoms with Crippen LogP contribution in [0.15, 0.2) is 18.2 Å². The number of hydrogen-bond donors (Lipinski definition) is 1. The smallest absolute Gasteiger partial charge is 0.161 e. The number of unbranched alkanes of at least 4 members (excludes halogenated alkanes) is 1. The molecule has 2 N–H and O–H groups in total. The fourth-order valence-electron chi connectivity index (χ4n) is 1.78. The molecule has 0 radical (unpaired) electrons. The fourth-order valence-corrected chi connectivity index (χ4v) is 1.78. The summed E-state index contributed by atoms with van der Waals surface area (Å²) in [5, 5.41) is 0. The molecule has 96 valence electrons. The summed E-state index contributed by atoms with van der Waals surface area (Å²) in [7, 11) is 1.65. The largest absolute Gasteiger partial charge is 0.493 e. The molecule has 0 aliphatic rings. The Bertz CT molecular complexity index is 339. The monoisotopic (exact) mass is 237 g/mol. The van der Waals surface area contributed by atoms with Gasteiger partial charge in [0.2, 0.25) is 0 Å². The zero-order valence-electron chi connectivity index (χ0n) is 11.0. The van der Waals surface area contributed by atoms with E-state index in [1.165, 1.54) is 6.42 Å². The molecule has 0 saturated heterocycles. The topological polar surface area (TPSA) is 44.5 Å². The summed E-state index contributed by atoms with van der Waals surface area (Å²) in [6, 6.07) is 6.02. The number of ether oxygens (including phenoxy) is 2. The average Bonchev–Trinajstić information content (AvgIpc) is 2.36. The van der Waals surface area contributed by atoms with E-state index >= 15 is 0 Å². The van der Waals surface area contributed by atoms with Gasteiger partial charge in [-0.15, -0.1) is 0 Å². The van der Waals surface area contributed by atoms with E-state index in [0.29, 0.717) is 6.61 Å². The first-order valence-corrected chi connectivity index (χ1v) is 6.29. The highest BCUT2D eigenvalue weighted by atomic mass is 16.5. The van der Waals surface area contributed by atoms with Gasteiger partial charge in [0.15, 0.2) is 11.5 Å². The van der Waals surface area contributed by atoms with Crippen LogP contribution >= 0.6 is 0 Å². The van der Waals surface area contributed by atoms with Crippen LogP contribution in [-0.4, -0.2) is 13.7 Å². The zero-order chi connectivity index (χ0) is 12.7. The Balaban J connectivity index is 2.80. The van der Waals surface area contributed by atoms with Crippen LogP contribution in [0.25, 0.3) is 0 Å². The number of rotatable bonds is 7. The highest BCUT2D eigenvalue weighted by Gasteiger charge is 2.10. The molecule has 0 fully saturated rings. The third kappa shape index (κ3) is 3.93. The molecule has 17 heavy (non-hydrogen) atoms. The minimum Gasteiger partial charge on any atom is -0.493 e. The molecule has 0 aliphatic carbocycles. The van der Waals surface area contributed by atoms with Crippen LogP contribution in [0.4, 0.5) is 0 Å². The predicted octanol–water partition coefficient (Wildman–Crippen LogP) is 3.28. The van der Waals surface area contributed by atoms with E-state index < -0.39 is 0 Å². The second-order valence-corrected chi connectivity index (χ2v) is 4.09. The van der Waals surface area contributed by atoms with Gasteiger partial charge >= 0.3 is 0 Å². The van der Waals surface area contributed by atoms with E-state index in [0.717, 1.165) is 29.9 Å². The van der Waals surface area contributed by atoms with Gasteiger partial charge in [-0.25, -0.2) is 0 Å². The minimum absolute atomic E-state index is 0.0829. The molecule has 1 rings (SSSR count). The summed E-state index contributed by atoms with van der Waals surface area (Å²) < 4.78 is 10.8. The van der Waals surface area contributed by atoms with Crippen molar-refractivity contribution >= 4 is 0 Å². The van der Waals surface area contributed by atoms with Crippen LogP contribution in [0.2, 0.25) is 0 Å². The number of methoxy groups -OCH3 is 1. The summed E-state index contributed by atoms with van der Waals surface area (Å²) in [6.45, 7) is 4.77. The van der Waals surface area contributed by atoms with Crippen molar-refractivity contribution in [2.45, 2.75) is 39.2 Å². The van der Waals surface area contributed by atoms with Crippen molar-refractivity contribution in [2.24, 2.45) is 5.73 Å². The van der Waals surface area contributed by atoms with Gasteiger partial charge in [0.05, 0.1) is 13.7 Å². The molecule has 0 aliphatic heterocycles. The summed E-state index contributed by atoms with van der Waals surface area (Å²) in [5.41, 5.74) is 7.24. The van der Waals surface area contributed by atoms with Crippen molar-refractivity contribution in [2.75, 3.05) is 13.7 Å². The van der Waals surface area contributed by atoms with Crippen LogP contribution in [0.5, 0.6) is 11.5 Å². The molecule has 1 aromatic rings. The summed E-state index contributed by atoms with van der Waals surface area (Å²) >= 11 is 0. The van der Waals surface area contributed by atoms with Crippen molar-refractivity contribution < 1.29 is 9.47 Å². The highest BCUT2D eigenvalue weighted by Crippen LogP contribution is 2.30. The quantitative estimate of drug-likeness (QED) is 0.791. The van der Waals surface area contributed by atoms with Gasteiger partial charge in [-0.1, -0.05) is 25.8 Å². The third-order valence-electron chi connectivity index (χ3n) is 2.78. The van der Waals surface area contributed by atoms with Crippen molar-refractivity contribution in [1.29, 1.82) is 0 Å². The third-order valence-corrected chi connectivity index (χ3v) is 2.78. The Morgan fingerprint density at radius 2 is 2.00 bits per heavy atom. The molecule has 0 amide bonds. The lowest BCUT2D eigenvalue weighted by molar-refractivity contribution is 0.310. The Morgan fingerprint density at radius 1 is 1.24 bits per heavy atom. The van der Waals surface area contributed by atoms with Crippen LogP contribution in [0.3, 0.4) is 0 Å². The van der Waals surface area contributed by atoms with E-state index in [1.807, 2.05) is 25.1 Å². The molecule has 0 spiro atoms. The van der Waals surface area contributed by atoms with Gasteiger partial charge in [0.25, 0.3) is 0 Å². The van der Waals surface area contributed by atoms with Crippen molar-refractivity contribution in [1.82, 2.24) is 0 Å². The van der Waals surface area contributed by atoms with E-state index in [9.17, 15) is 0 Å². The normalized spacial score (nSPS) is 12.2. The van der Waals surface area contributed by atoms with E-state index in [4.69, 9.17) is 15.2 Å². The molecule has 0 heterocycles. The lowest BCUT2D eigenvalue weighted by Crippen LogP contribution is -2.10. The second-order valence-electron chi connectivity index (χ2n) is 4.09. The summed E-state index contributed by atoms with van der Waals surface area (Å²) in [6.07, 6.45) is 3.33.